The van der Waals surface area contributed by atoms with Crippen LogP contribution in [0.25, 0.3) is 0 Å². The molecule has 1 aromatic rings. The molecule has 1 aliphatic rings. The third kappa shape index (κ3) is 3.47. The van der Waals surface area contributed by atoms with Gasteiger partial charge in [0.1, 0.15) is 12.9 Å². The molecule has 0 aliphatic carbocycles. The number of nitrogen functional groups attached to an aromatic ring is 1. The smallest absolute Gasteiger partial charge is 0.244 e. The van der Waals surface area contributed by atoms with E-state index in [1.165, 1.54) is 11.0 Å². The average Bonchev–Trinajstić information content (AvgIpc) is 2.83. The predicted octanol–water partition coefficient (Wildman–Crippen LogP) is 0.192. The molecule has 0 aromatic carbocycles. The molecule has 2 N–H and O–H groups in total. The number of likely N-dealkylation sites (N-methyl/N-ethyl adjacent to an activating group) is 1. The monoisotopic (exact) mass is 280 g/mol. The van der Waals surface area contributed by atoms with Crippen molar-refractivity contribution < 1.29 is 4.79 Å². The van der Waals surface area contributed by atoms with E-state index in [1.54, 1.807) is 0 Å². The van der Waals surface area contributed by atoms with Crippen molar-refractivity contribution in [3.8, 4) is 0 Å². The van der Waals surface area contributed by atoms with Gasteiger partial charge < -0.3 is 15.5 Å². The fourth-order valence-electron chi connectivity index (χ4n) is 2.63. The first-order valence-electron chi connectivity index (χ1n) is 7.12. The van der Waals surface area contributed by atoms with E-state index in [0.717, 1.165) is 25.9 Å². The number of likely N-dealkylation sites (tertiary alicyclic amines) is 1. The lowest BCUT2D eigenvalue weighted by Gasteiger charge is -2.38. The summed E-state index contributed by atoms with van der Waals surface area (Å²) in [7, 11) is 1.87. The van der Waals surface area contributed by atoms with Crippen molar-refractivity contribution in [2.45, 2.75) is 45.3 Å². The molecule has 0 atom stereocenters. The first kappa shape index (κ1) is 14.8. The summed E-state index contributed by atoms with van der Waals surface area (Å²) in [4.78, 5) is 20.3. The SMILES string of the molecule is CC(C)N1CCC(N(C)C(=O)Cn2cnc(N)n2)CC1. The van der Waals surface area contributed by atoms with Crippen LogP contribution in [-0.2, 0) is 11.3 Å². The van der Waals surface area contributed by atoms with E-state index in [0.29, 0.717) is 12.1 Å². The summed E-state index contributed by atoms with van der Waals surface area (Å²) in [6.45, 7) is 6.73. The Hall–Kier alpha value is -1.63. The first-order chi connectivity index (χ1) is 9.47. The highest BCUT2D eigenvalue weighted by atomic mass is 16.2. The van der Waals surface area contributed by atoms with Crippen LogP contribution in [0.5, 0.6) is 0 Å². The Balaban J connectivity index is 1.85. The zero-order valence-electron chi connectivity index (χ0n) is 12.5. The predicted molar refractivity (Wildman–Crippen MR) is 76.9 cm³/mol. The van der Waals surface area contributed by atoms with Crippen molar-refractivity contribution in [3.05, 3.63) is 6.33 Å². The number of rotatable bonds is 4. The van der Waals surface area contributed by atoms with E-state index < -0.39 is 0 Å². The second kappa shape index (κ2) is 6.21. The van der Waals surface area contributed by atoms with Crippen LogP contribution < -0.4 is 5.73 Å². The molecule has 112 valence electrons. The lowest BCUT2D eigenvalue weighted by atomic mass is 10.0. The Morgan fingerprint density at radius 2 is 2.15 bits per heavy atom. The molecule has 1 saturated heterocycles. The van der Waals surface area contributed by atoms with Crippen molar-refractivity contribution in [3.63, 3.8) is 0 Å². The molecule has 7 nitrogen and oxygen atoms in total. The van der Waals surface area contributed by atoms with E-state index in [-0.39, 0.29) is 18.4 Å². The molecular formula is C13H24N6O. The molecule has 0 bridgehead atoms. The van der Waals surface area contributed by atoms with Gasteiger partial charge in [0, 0.05) is 32.2 Å². The van der Waals surface area contributed by atoms with Gasteiger partial charge in [0.15, 0.2) is 0 Å². The molecule has 0 spiro atoms. The number of hydrogen-bond donors (Lipinski definition) is 1. The summed E-state index contributed by atoms with van der Waals surface area (Å²) < 4.78 is 1.48. The number of aromatic nitrogens is 3. The van der Waals surface area contributed by atoms with Crippen molar-refractivity contribution in [2.75, 3.05) is 25.9 Å². The molecule has 20 heavy (non-hydrogen) atoms. The number of nitrogens with zero attached hydrogens (tertiary/aromatic N) is 5. The minimum absolute atomic E-state index is 0.0536. The molecule has 1 aromatic heterocycles. The normalized spacial score (nSPS) is 17.6. The van der Waals surface area contributed by atoms with Gasteiger partial charge in [-0.15, -0.1) is 5.10 Å². The summed E-state index contributed by atoms with van der Waals surface area (Å²) in [5, 5.41) is 3.94. The minimum Gasteiger partial charge on any atom is -0.367 e. The summed E-state index contributed by atoms with van der Waals surface area (Å²) in [5.41, 5.74) is 5.44. The number of anilines is 1. The Morgan fingerprint density at radius 3 is 2.65 bits per heavy atom. The molecule has 1 aliphatic heterocycles. The largest absolute Gasteiger partial charge is 0.367 e. The van der Waals surface area contributed by atoms with Crippen LogP contribution in [-0.4, -0.2) is 62.7 Å². The van der Waals surface area contributed by atoms with Gasteiger partial charge in [-0.1, -0.05) is 0 Å². The molecule has 0 radical (unpaired) electrons. The van der Waals surface area contributed by atoms with E-state index in [4.69, 9.17) is 5.73 Å². The van der Waals surface area contributed by atoms with Crippen LogP contribution in [0, 0.1) is 0 Å². The van der Waals surface area contributed by atoms with Gasteiger partial charge >= 0.3 is 0 Å². The fourth-order valence-corrected chi connectivity index (χ4v) is 2.63. The van der Waals surface area contributed by atoms with Crippen LogP contribution in [0.4, 0.5) is 5.95 Å². The average molecular weight is 280 g/mol. The van der Waals surface area contributed by atoms with E-state index in [1.807, 2.05) is 11.9 Å². The molecule has 2 heterocycles. The highest BCUT2D eigenvalue weighted by Crippen LogP contribution is 2.17. The summed E-state index contributed by atoms with van der Waals surface area (Å²) in [6, 6.07) is 0.897. The van der Waals surface area contributed by atoms with Gasteiger partial charge in [0.2, 0.25) is 11.9 Å². The van der Waals surface area contributed by atoms with E-state index >= 15 is 0 Å². The van der Waals surface area contributed by atoms with Crippen LogP contribution >= 0.6 is 0 Å². The molecule has 0 saturated carbocycles. The molecule has 7 heteroatoms. The quantitative estimate of drug-likeness (QED) is 0.851. The van der Waals surface area contributed by atoms with Gasteiger partial charge in [0.25, 0.3) is 0 Å². The number of hydrogen-bond acceptors (Lipinski definition) is 5. The minimum atomic E-state index is 0.0536. The maximum atomic E-state index is 12.2. The zero-order valence-corrected chi connectivity index (χ0v) is 12.5. The molecular weight excluding hydrogens is 256 g/mol. The summed E-state index contributed by atoms with van der Waals surface area (Å²) in [6.07, 6.45) is 3.54. The Bertz CT molecular complexity index is 449. The second-order valence-electron chi connectivity index (χ2n) is 5.67. The molecule has 1 fully saturated rings. The Kier molecular flexibility index (Phi) is 4.59. The van der Waals surface area contributed by atoms with Gasteiger partial charge in [-0.05, 0) is 26.7 Å². The number of nitrogens with two attached hydrogens (primary N) is 1. The van der Waals surface area contributed by atoms with Gasteiger partial charge in [-0.25, -0.2) is 9.67 Å². The highest BCUT2D eigenvalue weighted by Gasteiger charge is 2.26. The van der Waals surface area contributed by atoms with E-state index in [9.17, 15) is 4.79 Å². The number of carbonyl (C=O) groups is 1. The van der Waals surface area contributed by atoms with Crippen LogP contribution in [0.15, 0.2) is 6.33 Å². The number of amides is 1. The summed E-state index contributed by atoms with van der Waals surface area (Å²) in [5.74, 6) is 0.253. The molecule has 2 rings (SSSR count). The standard InChI is InChI=1S/C13H24N6O/c1-10(2)18-6-4-11(5-7-18)17(3)12(20)8-19-9-15-13(14)16-19/h9-11H,4-8H2,1-3H3,(H2,14,16). The maximum absolute atomic E-state index is 12.2. The Labute approximate surface area is 119 Å². The third-order valence-electron chi connectivity index (χ3n) is 4.02. The fraction of sp³-hybridized carbons (Fsp3) is 0.769. The van der Waals surface area contributed by atoms with Crippen molar-refractivity contribution >= 4 is 11.9 Å². The Morgan fingerprint density at radius 1 is 1.50 bits per heavy atom. The van der Waals surface area contributed by atoms with Crippen molar-refractivity contribution in [1.29, 1.82) is 0 Å². The second-order valence-corrected chi connectivity index (χ2v) is 5.67. The van der Waals surface area contributed by atoms with Crippen molar-refractivity contribution in [1.82, 2.24) is 24.6 Å². The summed E-state index contributed by atoms with van der Waals surface area (Å²) >= 11 is 0. The number of carbonyl (C=O) groups excluding carboxylic acids is 1. The third-order valence-corrected chi connectivity index (χ3v) is 4.02. The van der Waals surface area contributed by atoms with Crippen molar-refractivity contribution in [2.24, 2.45) is 0 Å². The lowest BCUT2D eigenvalue weighted by Crippen LogP contribution is -2.48. The topological polar surface area (TPSA) is 80.3 Å². The molecule has 0 unspecified atom stereocenters. The number of piperidine rings is 1. The molecule has 1 amide bonds. The van der Waals surface area contributed by atoms with Gasteiger partial charge in [0.05, 0.1) is 0 Å². The maximum Gasteiger partial charge on any atom is 0.244 e. The van der Waals surface area contributed by atoms with Gasteiger partial charge in [-0.3, -0.25) is 4.79 Å². The van der Waals surface area contributed by atoms with Crippen LogP contribution in [0.3, 0.4) is 0 Å². The van der Waals surface area contributed by atoms with E-state index in [2.05, 4.69) is 28.8 Å². The van der Waals surface area contributed by atoms with Crippen LogP contribution in [0.1, 0.15) is 26.7 Å². The zero-order chi connectivity index (χ0) is 14.7. The lowest BCUT2D eigenvalue weighted by molar-refractivity contribution is -0.133. The first-order valence-corrected chi connectivity index (χ1v) is 7.12. The van der Waals surface area contributed by atoms with Crippen LogP contribution in [0.2, 0.25) is 0 Å². The highest BCUT2D eigenvalue weighted by molar-refractivity contribution is 5.75. The van der Waals surface area contributed by atoms with Gasteiger partial charge in [-0.2, -0.15) is 0 Å².